The van der Waals surface area contributed by atoms with E-state index in [0.29, 0.717) is 5.82 Å². The van der Waals surface area contributed by atoms with Crippen molar-refractivity contribution in [3.05, 3.63) is 47.0 Å². The Kier molecular flexibility index (Phi) is 4.09. The van der Waals surface area contributed by atoms with Crippen molar-refractivity contribution >= 4 is 21.6 Å². The first kappa shape index (κ1) is 14.5. The third-order valence-corrected chi connectivity index (χ3v) is 4.43. The van der Waals surface area contributed by atoms with Crippen LogP contribution in [-0.4, -0.2) is 18.4 Å². The zero-order valence-corrected chi connectivity index (χ0v) is 12.0. The fourth-order valence-corrected chi connectivity index (χ4v) is 3.30. The molecular formula is C12H11ClN4O2S. The zero-order valence-electron chi connectivity index (χ0n) is 10.5. The van der Waals surface area contributed by atoms with Crippen molar-refractivity contribution in [1.29, 1.82) is 5.26 Å². The second-order valence-corrected chi connectivity index (χ2v) is 6.19. The van der Waals surface area contributed by atoms with Crippen molar-refractivity contribution < 1.29 is 8.42 Å². The second kappa shape index (κ2) is 5.63. The fraction of sp³-hybridized carbons (Fsp3) is 0.167. The number of nitriles is 1. The van der Waals surface area contributed by atoms with Gasteiger partial charge in [-0.15, -0.1) is 0 Å². The molecule has 0 amide bonds. The van der Waals surface area contributed by atoms with Gasteiger partial charge in [-0.1, -0.05) is 11.6 Å². The highest BCUT2D eigenvalue weighted by molar-refractivity contribution is 7.89. The number of rotatable bonds is 4. The number of hydrogen-bond donors (Lipinski definition) is 2. The third kappa shape index (κ3) is 2.99. The minimum absolute atomic E-state index is 0.0357. The Hall–Kier alpha value is -1.88. The molecule has 0 spiro atoms. The van der Waals surface area contributed by atoms with E-state index in [4.69, 9.17) is 16.9 Å². The van der Waals surface area contributed by atoms with E-state index >= 15 is 0 Å². The van der Waals surface area contributed by atoms with Gasteiger partial charge in [-0.25, -0.2) is 18.1 Å². The van der Waals surface area contributed by atoms with Crippen LogP contribution < -0.4 is 4.72 Å². The lowest BCUT2D eigenvalue weighted by atomic mass is 10.2. The van der Waals surface area contributed by atoms with Crippen LogP contribution in [0.5, 0.6) is 0 Å². The van der Waals surface area contributed by atoms with Gasteiger partial charge in [0.15, 0.2) is 0 Å². The molecule has 0 aliphatic carbocycles. The highest BCUT2D eigenvalue weighted by Gasteiger charge is 2.23. The molecule has 0 radical (unpaired) electrons. The molecule has 0 bridgehead atoms. The lowest BCUT2D eigenvalue weighted by Crippen LogP contribution is -2.28. The average Bonchev–Trinajstić information content (AvgIpc) is 2.92. The highest BCUT2D eigenvalue weighted by atomic mass is 35.5. The molecule has 2 aromatic rings. The van der Waals surface area contributed by atoms with E-state index in [1.807, 2.05) is 6.07 Å². The number of nitrogens with one attached hydrogen (secondary N) is 2. The van der Waals surface area contributed by atoms with Crippen molar-refractivity contribution in [3.63, 3.8) is 0 Å². The smallest absolute Gasteiger partial charge is 0.242 e. The topological polar surface area (TPSA) is 98.6 Å². The maximum atomic E-state index is 12.3. The van der Waals surface area contributed by atoms with Crippen LogP contribution in [0, 0.1) is 11.3 Å². The van der Waals surface area contributed by atoms with E-state index in [2.05, 4.69) is 14.7 Å². The summed E-state index contributed by atoms with van der Waals surface area (Å²) in [6, 6.07) is 5.36. The van der Waals surface area contributed by atoms with Crippen LogP contribution >= 0.6 is 11.6 Å². The number of sulfonamides is 1. The van der Waals surface area contributed by atoms with Crippen LogP contribution in [0.25, 0.3) is 0 Å². The molecule has 0 fully saturated rings. The summed E-state index contributed by atoms with van der Waals surface area (Å²) in [5.74, 6) is 0.481. The number of nitrogens with zero attached hydrogens (tertiary/aromatic N) is 2. The second-order valence-electron chi connectivity index (χ2n) is 4.07. The monoisotopic (exact) mass is 310 g/mol. The average molecular weight is 311 g/mol. The van der Waals surface area contributed by atoms with Crippen LogP contribution in [0.3, 0.4) is 0 Å². The van der Waals surface area contributed by atoms with Gasteiger partial charge in [0.25, 0.3) is 0 Å². The summed E-state index contributed by atoms with van der Waals surface area (Å²) < 4.78 is 27.1. The molecule has 0 saturated carbocycles. The predicted octanol–water partition coefficient (Wildman–Crippen LogP) is 1.97. The van der Waals surface area contributed by atoms with Gasteiger partial charge in [0.2, 0.25) is 10.0 Å². The van der Waals surface area contributed by atoms with Crippen molar-refractivity contribution in [2.75, 3.05) is 0 Å². The molecule has 0 aliphatic heterocycles. The Morgan fingerprint density at radius 1 is 1.50 bits per heavy atom. The van der Waals surface area contributed by atoms with Gasteiger partial charge < -0.3 is 4.98 Å². The van der Waals surface area contributed by atoms with Gasteiger partial charge in [-0.2, -0.15) is 5.26 Å². The maximum absolute atomic E-state index is 12.3. The van der Waals surface area contributed by atoms with Gasteiger partial charge in [-0.05, 0) is 25.1 Å². The Balaban J connectivity index is 2.36. The fourth-order valence-electron chi connectivity index (χ4n) is 1.68. The molecular weight excluding hydrogens is 300 g/mol. The zero-order chi connectivity index (χ0) is 14.8. The number of H-pyrrole nitrogens is 1. The van der Waals surface area contributed by atoms with Crippen LogP contribution in [0.4, 0.5) is 0 Å². The van der Waals surface area contributed by atoms with Gasteiger partial charge >= 0.3 is 0 Å². The van der Waals surface area contributed by atoms with Gasteiger partial charge in [-0.3, -0.25) is 0 Å². The predicted molar refractivity (Wildman–Crippen MR) is 73.5 cm³/mol. The van der Waals surface area contributed by atoms with Gasteiger partial charge in [0, 0.05) is 17.4 Å². The lowest BCUT2D eigenvalue weighted by Gasteiger charge is -2.13. The van der Waals surface area contributed by atoms with E-state index in [1.165, 1.54) is 24.4 Å². The SMILES string of the molecule is CC(NS(=O)(=O)c1cc(Cl)ccc1C#N)c1ncc[nH]1. The molecule has 2 rings (SSSR count). The van der Waals surface area contributed by atoms with Crippen LogP contribution in [0.15, 0.2) is 35.5 Å². The molecule has 1 atom stereocenters. The van der Waals surface area contributed by atoms with E-state index in [9.17, 15) is 8.42 Å². The molecule has 0 saturated heterocycles. The molecule has 0 aliphatic rings. The van der Waals surface area contributed by atoms with E-state index in [0.717, 1.165) is 0 Å². The third-order valence-electron chi connectivity index (χ3n) is 2.62. The molecule has 8 heteroatoms. The number of aromatic nitrogens is 2. The summed E-state index contributed by atoms with van der Waals surface area (Å²) in [6.07, 6.45) is 3.13. The Morgan fingerprint density at radius 3 is 2.85 bits per heavy atom. The summed E-state index contributed by atoms with van der Waals surface area (Å²) in [5, 5.41) is 9.23. The number of hydrogen-bond acceptors (Lipinski definition) is 4. The quantitative estimate of drug-likeness (QED) is 0.902. The lowest BCUT2D eigenvalue weighted by molar-refractivity contribution is 0.561. The first-order valence-corrected chi connectivity index (χ1v) is 7.51. The van der Waals surface area contributed by atoms with Crippen molar-refractivity contribution in [2.24, 2.45) is 0 Å². The molecule has 2 N–H and O–H groups in total. The van der Waals surface area contributed by atoms with Crippen molar-refractivity contribution in [1.82, 2.24) is 14.7 Å². The first-order chi connectivity index (χ1) is 9.44. The number of benzene rings is 1. The number of imidazole rings is 1. The Bertz CT molecular complexity index is 750. The van der Waals surface area contributed by atoms with Crippen molar-refractivity contribution in [3.8, 4) is 6.07 Å². The van der Waals surface area contributed by atoms with Crippen LogP contribution in [0.1, 0.15) is 24.4 Å². The number of halogens is 1. The normalized spacial score (nSPS) is 12.8. The van der Waals surface area contributed by atoms with E-state index in [-0.39, 0.29) is 15.5 Å². The van der Waals surface area contributed by atoms with Gasteiger partial charge in [0.05, 0.1) is 11.6 Å². The molecule has 104 valence electrons. The molecule has 1 aromatic carbocycles. The van der Waals surface area contributed by atoms with E-state index in [1.54, 1.807) is 13.1 Å². The van der Waals surface area contributed by atoms with Crippen LogP contribution in [-0.2, 0) is 10.0 Å². The van der Waals surface area contributed by atoms with E-state index < -0.39 is 16.1 Å². The summed E-state index contributed by atoms with van der Waals surface area (Å²) in [5.41, 5.74) is 0.0357. The molecule has 20 heavy (non-hydrogen) atoms. The van der Waals surface area contributed by atoms with Crippen molar-refractivity contribution in [2.45, 2.75) is 17.9 Å². The first-order valence-electron chi connectivity index (χ1n) is 5.65. The minimum Gasteiger partial charge on any atom is -0.347 e. The minimum atomic E-state index is -3.87. The highest BCUT2D eigenvalue weighted by Crippen LogP contribution is 2.22. The molecule has 1 unspecified atom stereocenters. The maximum Gasteiger partial charge on any atom is 0.242 e. The Morgan fingerprint density at radius 2 is 2.25 bits per heavy atom. The molecule has 1 heterocycles. The summed E-state index contributed by atoms with van der Waals surface area (Å²) >= 11 is 5.80. The summed E-state index contributed by atoms with van der Waals surface area (Å²) in [4.78, 5) is 6.66. The van der Waals surface area contributed by atoms with Crippen LogP contribution in [0.2, 0.25) is 5.02 Å². The Labute approximate surface area is 121 Å². The summed E-state index contributed by atoms with van der Waals surface area (Å²) in [7, 11) is -3.87. The standard InChI is InChI=1S/C12H11ClN4O2S/c1-8(12-15-4-5-16-12)17-20(18,19)11-6-10(13)3-2-9(11)7-14/h2-6,8,17H,1H3,(H,15,16). The number of aromatic amines is 1. The molecule has 1 aromatic heterocycles. The largest absolute Gasteiger partial charge is 0.347 e. The summed E-state index contributed by atoms with van der Waals surface area (Å²) in [6.45, 7) is 1.65. The van der Waals surface area contributed by atoms with Gasteiger partial charge in [0.1, 0.15) is 16.8 Å². The molecule has 6 nitrogen and oxygen atoms in total.